The zero-order valence-electron chi connectivity index (χ0n) is 14.1. The van der Waals surface area contributed by atoms with E-state index in [1.807, 2.05) is 0 Å². The molecule has 0 saturated heterocycles. The molecule has 130 valence electrons. The molecule has 0 aliphatic carbocycles. The normalized spacial score (nSPS) is 10.1. The fourth-order valence-electron chi connectivity index (χ4n) is 1.70. The number of hydrogen-bond donors (Lipinski definition) is 2. The van der Waals surface area contributed by atoms with Crippen molar-refractivity contribution < 1.29 is 19.1 Å². The molecule has 2 N–H and O–H groups in total. The van der Waals surface area contributed by atoms with Crippen molar-refractivity contribution in [1.29, 1.82) is 0 Å². The number of alkyl carbamates (subject to hydrolysis) is 2. The van der Waals surface area contributed by atoms with Crippen molar-refractivity contribution in [2.24, 2.45) is 0 Å². The second-order valence-corrected chi connectivity index (χ2v) is 5.25. The van der Waals surface area contributed by atoms with Crippen molar-refractivity contribution in [1.82, 2.24) is 10.6 Å². The van der Waals surface area contributed by atoms with Crippen LogP contribution in [0, 0.1) is 0 Å². The van der Waals surface area contributed by atoms with Crippen molar-refractivity contribution in [2.45, 2.75) is 65.2 Å². The van der Waals surface area contributed by atoms with E-state index in [0.717, 1.165) is 51.4 Å². The van der Waals surface area contributed by atoms with E-state index in [0.29, 0.717) is 26.3 Å². The Balaban J connectivity index is 3.23. The molecule has 0 aliphatic rings. The van der Waals surface area contributed by atoms with Crippen LogP contribution in [0.5, 0.6) is 0 Å². The summed E-state index contributed by atoms with van der Waals surface area (Å²) in [5, 5.41) is 5.46. The fourth-order valence-corrected chi connectivity index (χ4v) is 1.70. The van der Waals surface area contributed by atoms with Crippen LogP contribution in [0.3, 0.4) is 0 Å². The summed E-state index contributed by atoms with van der Waals surface area (Å²) in [5.74, 6) is 0. The van der Waals surface area contributed by atoms with Crippen molar-refractivity contribution in [3.63, 3.8) is 0 Å². The number of carbonyl (C=O) groups is 2. The zero-order valence-corrected chi connectivity index (χ0v) is 14.1. The lowest BCUT2D eigenvalue weighted by molar-refractivity contribution is 0.143. The molecule has 0 radical (unpaired) electrons. The molecule has 0 heterocycles. The van der Waals surface area contributed by atoms with Gasteiger partial charge < -0.3 is 20.1 Å². The lowest BCUT2D eigenvalue weighted by atomic mass is 10.2. The molecule has 0 aromatic heterocycles. The van der Waals surface area contributed by atoms with Gasteiger partial charge in [-0.3, -0.25) is 0 Å². The van der Waals surface area contributed by atoms with Crippen LogP contribution in [0.15, 0.2) is 0 Å². The first kappa shape index (κ1) is 20.5. The first-order valence-corrected chi connectivity index (χ1v) is 8.52. The summed E-state index contributed by atoms with van der Waals surface area (Å²) in [6.45, 7) is 6.36. The second kappa shape index (κ2) is 15.9. The number of nitrogens with one attached hydrogen (secondary N) is 2. The molecule has 2 amide bonds. The van der Waals surface area contributed by atoms with Gasteiger partial charge in [-0.2, -0.15) is 0 Å². The number of ether oxygens (including phenoxy) is 2. The molecular formula is C16H32N2O4. The Hall–Kier alpha value is -1.46. The zero-order chi connectivity index (χ0) is 16.5. The number of rotatable bonds is 13. The molecule has 0 spiro atoms. The van der Waals surface area contributed by atoms with Crippen LogP contribution in [0.4, 0.5) is 9.59 Å². The Morgan fingerprint density at radius 2 is 1.09 bits per heavy atom. The Labute approximate surface area is 134 Å². The summed E-state index contributed by atoms with van der Waals surface area (Å²) in [6.07, 6.45) is 7.07. The molecule has 0 rings (SSSR count). The molecule has 6 nitrogen and oxygen atoms in total. The molecule has 0 aromatic carbocycles. The van der Waals surface area contributed by atoms with Gasteiger partial charge in [-0.05, 0) is 25.7 Å². The molecule has 22 heavy (non-hydrogen) atoms. The molecule has 0 unspecified atom stereocenters. The lowest BCUT2D eigenvalue weighted by Gasteiger charge is -2.07. The van der Waals surface area contributed by atoms with Crippen LogP contribution in [-0.4, -0.2) is 38.5 Å². The van der Waals surface area contributed by atoms with Crippen LogP contribution in [0.25, 0.3) is 0 Å². The SMILES string of the molecule is CCCCOC(=O)NCCCCCCNC(=O)OCCCC. The van der Waals surface area contributed by atoms with E-state index in [9.17, 15) is 9.59 Å². The molecule has 0 aromatic rings. The van der Waals surface area contributed by atoms with Gasteiger partial charge in [0.25, 0.3) is 0 Å². The first-order chi connectivity index (χ1) is 10.7. The van der Waals surface area contributed by atoms with E-state index in [1.165, 1.54) is 0 Å². The van der Waals surface area contributed by atoms with Gasteiger partial charge in [0.1, 0.15) is 0 Å². The third-order valence-corrected chi connectivity index (χ3v) is 3.10. The molecule has 6 heteroatoms. The van der Waals surface area contributed by atoms with Gasteiger partial charge in [0.15, 0.2) is 0 Å². The third kappa shape index (κ3) is 14.9. The maximum Gasteiger partial charge on any atom is 0.407 e. The largest absolute Gasteiger partial charge is 0.450 e. The smallest absolute Gasteiger partial charge is 0.407 e. The van der Waals surface area contributed by atoms with Gasteiger partial charge in [0.2, 0.25) is 0 Å². The van der Waals surface area contributed by atoms with E-state index in [-0.39, 0.29) is 12.2 Å². The Morgan fingerprint density at radius 1 is 0.682 bits per heavy atom. The summed E-state index contributed by atoms with van der Waals surface area (Å²) in [5.41, 5.74) is 0. The highest BCUT2D eigenvalue weighted by Crippen LogP contribution is 1.98. The average Bonchev–Trinajstić information content (AvgIpc) is 2.50. The minimum absolute atomic E-state index is 0.329. The lowest BCUT2D eigenvalue weighted by Crippen LogP contribution is -2.26. The molecule has 0 saturated carbocycles. The molecule has 0 aliphatic heterocycles. The highest BCUT2D eigenvalue weighted by Gasteiger charge is 2.01. The number of carbonyl (C=O) groups excluding carboxylic acids is 2. The van der Waals surface area contributed by atoms with Crippen molar-refractivity contribution in [3.8, 4) is 0 Å². The van der Waals surface area contributed by atoms with E-state index < -0.39 is 0 Å². The van der Waals surface area contributed by atoms with E-state index in [1.54, 1.807) is 0 Å². The first-order valence-electron chi connectivity index (χ1n) is 8.52. The predicted molar refractivity (Wildman–Crippen MR) is 87.0 cm³/mol. The van der Waals surface area contributed by atoms with Crippen LogP contribution in [0.2, 0.25) is 0 Å². The summed E-state index contributed by atoms with van der Waals surface area (Å²) >= 11 is 0. The van der Waals surface area contributed by atoms with E-state index in [4.69, 9.17) is 9.47 Å². The van der Waals surface area contributed by atoms with Gasteiger partial charge in [-0.1, -0.05) is 39.5 Å². The van der Waals surface area contributed by atoms with Gasteiger partial charge >= 0.3 is 12.2 Å². The van der Waals surface area contributed by atoms with Crippen molar-refractivity contribution in [3.05, 3.63) is 0 Å². The number of hydrogen-bond acceptors (Lipinski definition) is 4. The predicted octanol–water partition coefficient (Wildman–Crippen LogP) is 3.60. The summed E-state index contributed by atoms with van der Waals surface area (Å²) in [4.78, 5) is 22.5. The van der Waals surface area contributed by atoms with Gasteiger partial charge in [0.05, 0.1) is 13.2 Å². The van der Waals surface area contributed by atoms with Crippen molar-refractivity contribution in [2.75, 3.05) is 26.3 Å². The Morgan fingerprint density at radius 3 is 1.45 bits per heavy atom. The summed E-state index contributed by atoms with van der Waals surface area (Å²) < 4.78 is 9.97. The highest BCUT2D eigenvalue weighted by atomic mass is 16.6. The number of unbranched alkanes of at least 4 members (excludes halogenated alkanes) is 5. The molecule has 0 bridgehead atoms. The second-order valence-electron chi connectivity index (χ2n) is 5.25. The summed E-state index contributed by atoms with van der Waals surface area (Å²) in [7, 11) is 0. The van der Waals surface area contributed by atoms with Crippen LogP contribution >= 0.6 is 0 Å². The van der Waals surface area contributed by atoms with Crippen LogP contribution in [0.1, 0.15) is 65.2 Å². The minimum Gasteiger partial charge on any atom is -0.450 e. The Bertz CT molecular complexity index is 257. The number of amides is 2. The standard InChI is InChI=1S/C16H32N2O4/c1-3-5-13-21-15(19)17-11-9-7-8-10-12-18-16(20)22-14-6-4-2/h3-14H2,1-2H3,(H,17,19)(H,18,20). The molecular weight excluding hydrogens is 284 g/mol. The summed E-state index contributed by atoms with van der Waals surface area (Å²) in [6, 6.07) is 0. The van der Waals surface area contributed by atoms with Gasteiger partial charge in [-0.15, -0.1) is 0 Å². The average molecular weight is 316 g/mol. The fraction of sp³-hybridized carbons (Fsp3) is 0.875. The van der Waals surface area contributed by atoms with E-state index in [2.05, 4.69) is 24.5 Å². The van der Waals surface area contributed by atoms with Gasteiger partial charge in [-0.25, -0.2) is 9.59 Å². The monoisotopic (exact) mass is 316 g/mol. The highest BCUT2D eigenvalue weighted by molar-refractivity contribution is 5.67. The molecule has 0 fully saturated rings. The van der Waals surface area contributed by atoms with Crippen LogP contribution in [-0.2, 0) is 9.47 Å². The topological polar surface area (TPSA) is 76.7 Å². The Kier molecular flexibility index (Phi) is 14.9. The van der Waals surface area contributed by atoms with Crippen molar-refractivity contribution >= 4 is 12.2 Å². The van der Waals surface area contributed by atoms with E-state index >= 15 is 0 Å². The van der Waals surface area contributed by atoms with Gasteiger partial charge in [0, 0.05) is 13.1 Å². The minimum atomic E-state index is -0.329. The molecule has 0 atom stereocenters. The quantitative estimate of drug-likeness (QED) is 0.509. The maximum absolute atomic E-state index is 11.2. The maximum atomic E-state index is 11.2. The van der Waals surface area contributed by atoms with Crippen LogP contribution < -0.4 is 10.6 Å². The third-order valence-electron chi connectivity index (χ3n) is 3.10.